The van der Waals surface area contributed by atoms with E-state index in [1.165, 1.54) is 6.21 Å². The molecule has 0 aliphatic heterocycles. The minimum atomic E-state index is 0.349. The highest BCUT2D eigenvalue weighted by molar-refractivity contribution is 6.32. The number of nitrogens with two attached hydrogens (primary N) is 1. The molecule has 1 aromatic carbocycles. The Morgan fingerprint density at radius 2 is 2.07 bits per heavy atom. The van der Waals surface area contributed by atoms with E-state index in [2.05, 4.69) is 13.8 Å². The van der Waals surface area contributed by atoms with Crippen molar-refractivity contribution in [3.8, 4) is 0 Å². The van der Waals surface area contributed by atoms with Crippen LogP contribution < -0.4 is 5.73 Å². The summed E-state index contributed by atoms with van der Waals surface area (Å²) < 4.78 is 0. The van der Waals surface area contributed by atoms with Gasteiger partial charge in [-0.1, -0.05) is 25.4 Å². The summed E-state index contributed by atoms with van der Waals surface area (Å²) in [6, 6.07) is 1.73. The molecule has 1 aromatic rings. The fourth-order valence-corrected chi connectivity index (χ4v) is 2.21. The zero-order valence-corrected chi connectivity index (χ0v) is 9.44. The fraction of sp³-hybridized carbons (Fsp3) is 0.364. The Morgan fingerprint density at radius 3 is 2.50 bits per heavy atom. The lowest BCUT2D eigenvalue weighted by atomic mass is 9.93. The third kappa shape index (κ3) is 1.75. The molecule has 0 saturated carbocycles. The molecule has 0 amide bonds. The quantitative estimate of drug-likeness (QED) is 0.571. The van der Waals surface area contributed by atoms with Crippen molar-refractivity contribution in [2.45, 2.75) is 26.7 Å². The molecule has 14 heavy (non-hydrogen) atoms. The predicted octanol–water partition coefficient (Wildman–Crippen LogP) is 3.35. The van der Waals surface area contributed by atoms with Crippen molar-refractivity contribution in [3.05, 3.63) is 27.8 Å². The van der Waals surface area contributed by atoms with E-state index in [1.54, 1.807) is 6.07 Å². The maximum atomic E-state index is 7.29. The minimum Gasteiger partial charge on any atom is -0.398 e. The first kappa shape index (κ1) is 11.1. The Labute approximate surface area is 89.6 Å². The summed E-state index contributed by atoms with van der Waals surface area (Å²) in [4.78, 5) is 0. The second kappa shape index (κ2) is 4.01. The van der Waals surface area contributed by atoms with Crippen molar-refractivity contribution < 1.29 is 0 Å². The average Bonchev–Trinajstić information content (AvgIpc) is 2.02. The van der Waals surface area contributed by atoms with Crippen LogP contribution in [0.3, 0.4) is 0 Å². The van der Waals surface area contributed by atoms with Crippen LogP contribution in [0.1, 0.15) is 36.5 Å². The van der Waals surface area contributed by atoms with Crippen molar-refractivity contribution in [1.29, 1.82) is 5.41 Å². The Hall–Kier alpha value is -1.02. The summed E-state index contributed by atoms with van der Waals surface area (Å²) in [7, 11) is 0. The monoisotopic (exact) mass is 210 g/mol. The van der Waals surface area contributed by atoms with Crippen molar-refractivity contribution >= 4 is 23.5 Å². The molecule has 0 spiro atoms. The van der Waals surface area contributed by atoms with Crippen molar-refractivity contribution in [2.24, 2.45) is 0 Å². The molecule has 0 radical (unpaired) electrons. The summed E-state index contributed by atoms with van der Waals surface area (Å²) in [5.74, 6) is 0.349. The largest absolute Gasteiger partial charge is 0.398 e. The molecule has 0 saturated heterocycles. The first-order valence-electron chi connectivity index (χ1n) is 4.58. The number of anilines is 1. The first-order chi connectivity index (χ1) is 6.49. The maximum Gasteiger partial charge on any atom is 0.0464 e. The van der Waals surface area contributed by atoms with Gasteiger partial charge in [0.25, 0.3) is 0 Å². The molecule has 0 aromatic heterocycles. The number of hydrogen-bond acceptors (Lipinski definition) is 2. The predicted molar refractivity (Wildman–Crippen MR) is 62.6 cm³/mol. The van der Waals surface area contributed by atoms with Crippen LogP contribution >= 0.6 is 11.6 Å². The van der Waals surface area contributed by atoms with E-state index >= 15 is 0 Å². The van der Waals surface area contributed by atoms with Crippen LogP contribution in [0.15, 0.2) is 6.07 Å². The second-order valence-electron chi connectivity index (χ2n) is 3.70. The molecular weight excluding hydrogens is 196 g/mol. The van der Waals surface area contributed by atoms with Gasteiger partial charge in [0.15, 0.2) is 0 Å². The lowest BCUT2D eigenvalue weighted by Gasteiger charge is -2.15. The lowest BCUT2D eigenvalue weighted by Crippen LogP contribution is -2.02. The van der Waals surface area contributed by atoms with Crippen molar-refractivity contribution in [1.82, 2.24) is 0 Å². The molecule has 2 nitrogen and oxygen atoms in total. The third-order valence-electron chi connectivity index (χ3n) is 2.38. The Morgan fingerprint density at radius 1 is 1.50 bits per heavy atom. The average molecular weight is 211 g/mol. The van der Waals surface area contributed by atoms with E-state index in [1.807, 2.05) is 6.92 Å². The van der Waals surface area contributed by atoms with Gasteiger partial charge in [-0.15, -0.1) is 0 Å². The molecule has 0 fully saturated rings. The Bertz CT molecular complexity index is 370. The summed E-state index contributed by atoms with van der Waals surface area (Å²) in [6.07, 6.45) is 1.28. The van der Waals surface area contributed by atoms with Crippen LogP contribution in [0.4, 0.5) is 5.69 Å². The van der Waals surface area contributed by atoms with E-state index in [-0.39, 0.29) is 0 Å². The summed E-state index contributed by atoms with van der Waals surface area (Å²) in [5, 5.41) is 7.98. The van der Waals surface area contributed by atoms with E-state index in [9.17, 15) is 0 Å². The molecule has 0 heterocycles. The molecule has 76 valence electrons. The van der Waals surface area contributed by atoms with Crippen molar-refractivity contribution in [2.75, 3.05) is 5.73 Å². The van der Waals surface area contributed by atoms with Crippen molar-refractivity contribution in [3.63, 3.8) is 0 Å². The number of benzene rings is 1. The number of nitrogens with one attached hydrogen (secondary N) is 1. The fourth-order valence-electron chi connectivity index (χ4n) is 1.73. The van der Waals surface area contributed by atoms with Crippen LogP contribution in [0.2, 0.25) is 5.02 Å². The van der Waals surface area contributed by atoms with E-state index < -0.39 is 0 Å². The maximum absolute atomic E-state index is 7.29. The van der Waals surface area contributed by atoms with Crippen LogP contribution in [-0.2, 0) is 0 Å². The second-order valence-corrected chi connectivity index (χ2v) is 4.11. The molecule has 0 aliphatic rings. The Balaban J connectivity index is 3.51. The van der Waals surface area contributed by atoms with Gasteiger partial charge in [-0.25, -0.2) is 0 Å². The highest BCUT2D eigenvalue weighted by Gasteiger charge is 2.13. The van der Waals surface area contributed by atoms with Gasteiger partial charge in [0.1, 0.15) is 0 Å². The molecule has 3 heteroatoms. The summed E-state index contributed by atoms with van der Waals surface area (Å²) in [5.41, 5.74) is 9.21. The number of rotatable bonds is 2. The zero-order valence-electron chi connectivity index (χ0n) is 8.69. The minimum absolute atomic E-state index is 0.349. The highest BCUT2D eigenvalue weighted by atomic mass is 35.5. The SMILES string of the molecule is Cc1c(C=N)c(N)cc(Cl)c1C(C)C. The van der Waals surface area contributed by atoms with Gasteiger partial charge in [-0.3, -0.25) is 0 Å². The van der Waals surface area contributed by atoms with Gasteiger partial charge >= 0.3 is 0 Å². The topological polar surface area (TPSA) is 49.9 Å². The lowest BCUT2D eigenvalue weighted by molar-refractivity contribution is 0.857. The highest BCUT2D eigenvalue weighted by Crippen LogP contribution is 2.32. The molecular formula is C11H15ClN2. The smallest absolute Gasteiger partial charge is 0.0464 e. The van der Waals surface area contributed by atoms with Crippen LogP contribution in [-0.4, -0.2) is 6.21 Å². The summed E-state index contributed by atoms with van der Waals surface area (Å²) in [6.45, 7) is 6.12. The van der Waals surface area contributed by atoms with Crippen LogP contribution in [0.25, 0.3) is 0 Å². The van der Waals surface area contributed by atoms with Crippen LogP contribution in [0.5, 0.6) is 0 Å². The number of halogens is 1. The molecule has 0 unspecified atom stereocenters. The standard InChI is InChI=1S/C11H15ClN2/c1-6(2)11-7(3)8(5-13)10(14)4-9(11)12/h4-6,13H,14H2,1-3H3. The Kier molecular flexibility index (Phi) is 3.17. The first-order valence-corrected chi connectivity index (χ1v) is 4.95. The normalized spacial score (nSPS) is 10.6. The molecule has 0 atom stereocenters. The molecule has 0 aliphatic carbocycles. The van der Waals surface area contributed by atoms with Gasteiger partial charge in [0.2, 0.25) is 0 Å². The van der Waals surface area contributed by atoms with Gasteiger partial charge in [0, 0.05) is 22.5 Å². The van der Waals surface area contributed by atoms with E-state index in [4.69, 9.17) is 22.7 Å². The van der Waals surface area contributed by atoms with E-state index in [0.29, 0.717) is 16.6 Å². The zero-order chi connectivity index (χ0) is 10.9. The van der Waals surface area contributed by atoms with Gasteiger partial charge in [-0.05, 0) is 30.0 Å². The van der Waals surface area contributed by atoms with Gasteiger partial charge in [0.05, 0.1) is 0 Å². The molecule has 3 N–H and O–H groups in total. The van der Waals surface area contributed by atoms with Gasteiger partial charge in [-0.2, -0.15) is 0 Å². The number of nitrogen functional groups attached to an aromatic ring is 1. The van der Waals surface area contributed by atoms with Crippen LogP contribution in [0, 0.1) is 12.3 Å². The third-order valence-corrected chi connectivity index (χ3v) is 2.69. The molecule has 1 rings (SSSR count). The molecule has 0 bridgehead atoms. The summed E-state index contributed by atoms with van der Waals surface area (Å²) >= 11 is 6.10. The van der Waals surface area contributed by atoms with E-state index in [0.717, 1.165) is 16.7 Å². The van der Waals surface area contributed by atoms with Gasteiger partial charge < -0.3 is 11.1 Å². The number of hydrogen-bond donors (Lipinski definition) is 2.